The Hall–Kier alpha value is -5.25. The number of nitrogens with two attached hydrogens (primary N) is 3. The fourth-order valence-electron chi connectivity index (χ4n) is 5.86. The number of thiol groups is 2. The number of carboxylic acids is 1. The number of nitrogens with zero attached hydrogens (tertiary/aromatic N) is 1. The first-order valence-electron chi connectivity index (χ1n) is 19.4. The van der Waals surface area contributed by atoms with Gasteiger partial charge in [-0.2, -0.15) is 25.3 Å². The molecular weight excluding hydrogens is 863 g/mol. The van der Waals surface area contributed by atoms with Crippen LogP contribution < -0.4 is 54.4 Å². The lowest BCUT2D eigenvalue weighted by molar-refractivity contribution is -0.143. The average Bonchev–Trinajstić information content (AvgIpc) is 3.70. The zero-order chi connectivity index (χ0) is 47.4. The van der Waals surface area contributed by atoms with Crippen molar-refractivity contribution >= 4 is 90.3 Å². The lowest BCUT2D eigenvalue weighted by Gasteiger charge is -2.29. The molecule has 1 aliphatic rings. The molecule has 1 heterocycles. The van der Waals surface area contributed by atoms with Crippen LogP contribution in [0.1, 0.15) is 59.3 Å². The Morgan fingerprint density at radius 2 is 1.13 bits per heavy atom. The smallest absolute Gasteiger partial charge is 0.327 e. The number of primary amides is 2. The number of carbonyl (C=O) groups is 11. The highest BCUT2D eigenvalue weighted by Gasteiger charge is 2.40. The van der Waals surface area contributed by atoms with E-state index >= 15 is 0 Å². The van der Waals surface area contributed by atoms with E-state index < -0.39 is 152 Å². The first-order valence-corrected chi connectivity index (χ1v) is 20.7. The summed E-state index contributed by atoms with van der Waals surface area (Å²) in [7, 11) is 0. The van der Waals surface area contributed by atoms with Crippen LogP contribution in [0.2, 0.25) is 0 Å². The van der Waals surface area contributed by atoms with Gasteiger partial charge in [0.15, 0.2) is 0 Å². The first kappa shape index (κ1) is 54.8. The van der Waals surface area contributed by atoms with Crippen molar-refractivity contribution in [3.8, 4) is 0 Å². The second-order valence-corrected chi connectivity index (χ2v) is 15.5. The molecule has 1 rings (SSSR count). The summed E-state index contributed by atoms with van der Waals surface area (Å²) in [5.41, 5.74) is 16.2. The number of carboxylic acid groups (broad SMARTS) is 1. The van der Waals surface area contributed by atoms with Gasteiger partial charge in [0, 0.05) is 24.5 Å². The van der Waals surface area contributed by atoms with Crippen LogP contribution in [0.3, 0.4) is 0 Å². The molecule has 0 spiro atoms. The van der Waals surface area contributed by atoms with Gasteiger partial charge in [-0.3, -0.25) is 47.9 Å². The van der Waals surface area contributed by atoms with E-state index in [4.69, 9.17) is 17.2 Å². The normalized spacial score (nSPS) is 17.4. The highest BCUT2D eigenvalue weighted by atomic mass is 32.1. The summed E-state index contributed by atoms with van der Waals surface area (Å²) in [6, 6.07) is -13.0. The summed E-state index contributed by atoms with van der Waals surface area (Å²) in [5, 5.41) is 45.2. The molecule has 0 aromatic rings. The van der Waals surface area contributed by atoms with Crippen molar-refractivity contribution < 1.29 is 68.1 Å². The van der Waals surface area contributed by atoms with Crippen LogP contribution >= 0.6 is 25.3 Å². The topological polar surface area (TPSA) is 414 Å². The van der Waals surface area contributed by atoms with Crippen LogP contribution in [0, 0.1) is 5.92 Å². The van der Waals surface area contributed by atoms with Gasteiger partial charge in [0.1, 0.15) is 48.3 Å². The van der Waals surface area contributed by atoms with Gasteiger partial charge in [0.2, 0.25) is 59.1 Å². The van der Waals surface area contributed by atoms with Crippen LogP contribution in [0.15, 0.2) is 0 Å². The first-order chi connectivity index (χ1) is 29.0. The van der Waals surface area contributed by atoms with Crippen LogP contribution in [0.5, 0.6) is 0 Å². The Balaban J connectivity index is 3.06. The van der Waals surface area contributed by atoms with E-state index in [9.17, 15) is 68.1 Å². The highest BCUT2D eigenvalue weighted by molar-refractivity contribution is 7.80. The lowest BCUT2D eigenvalue weighted by Crippen LogP contribution is -2.61. The maximum absolute atomic E-state index is 13.4. The predicted octanol–water partition coefficient (Wildman–Crippen LogP) is -7.17. The maximum atomic E-state index is 13.4. The van der Waals surface area contributed by atoms with Crippen molar-refractivity contribution in [3.63, 3.8) is 0 Å². The van der Waals surface area contributed by atoms with E-state index in [1.807, 2.05) is 0 Å². The van der Waals surface area contributed by atoms with Crippen molar-refractivity contribution in [1.82, 2.24) is 42.1 Å². The second-order valence-electron chi connectivity index (χ2n) is 14.8. The van der Waals surface area contributed by atoms with Crippen LogP contribution in [-0.2, 0) is 52.7 Å². The molecule has 1 aliphatic heterocycles. The quantitative estimate of drug-likeness (QED) is 0.0341. The molecule has 9 atom stereocenters. The minimum Gasteiger partial charge on any atom is -0.480 e. The number of carbonyl (C=O) groups excluding carboxylic acids is 10. The standard InChI is InChI=1S/C35H59N11O14S2/c1-15(2)9-19(30(54)45-23(14-62)35(59)60)41-29(53)18(6-7-25(37)49)40-31(55)22(12-48)44-32(56)21(11-47)43-27(51)16(3)39-33(57)24-5-4-8-46(24)34(58)20(10-26(38)50)42-28(52)17(36)13-61/h15-24,47-48,61-62H,4-14,36H2,1-3H3,(H2,37,49)(H2,38,50)(H,39,57)(H,40,55)(H,41,53)(H,42,52)(H,43,51)(H,44,56)(H,45,54)(H,59,60)/t16-,17-,18-,19-,20-,21-,22-,23-,24-/m0/s1. The van der Waals surface area contributed by atoms with Crippen molar-refractivity contribution in [2.45, 2.75) is 114 Å². The van der Waals surface area contributed by atoms with E-state index in [1.54, 1.807) is 13.8 Å². The molecule has 25 nitrogen and oxygen atoms in total. The summed E-state index contributed by atoms with van der Waals surface area (Å²) < 4.78 is 0. The monoisotopic (exact) mass is 921 g/mol. The molecule has 16 N–H and O–H groups in total. The van der Waals surface area contributed by atoms with Gasteiger partial charge >= 0.3 is 5.97 Å². The molecule has 0 saturated carbocycles. The predicted molar refractivity (Wildman–Crippen MR) is 223 cm³/mol. The summed E-state index contributed by atoms with van der Waals surface area (Å²) in [5.74, 6) is -11.4. The largest absolute Gasteiger partial charge is 0.480 e. The number of rotatable bonds is 27. The van der Waals surface area contributed by atoms with Crippen molar-refractivity contribution in [1.29, 1.82) is 0 Å². The van der Waals surface area contributed by atoms with E-state index in [1.165, 1.54) is 6.92 Å². The minimum absolute atomic E-state index is 0.0183. The van der Waals surface area contributed by atoms with E-state index in [0.29, 0.717) is 6.42 Å². The van der Waals surface area contributed by atoms with Gasteiger partial charge < -0.3 is 74.6 Å². The molecule has 62 heavy (non-hydrogen) atoms. The Kier molecular flexibility index (Phi) is 23.8. The number of aliphatic hydroxyl groups excluding tert-OH is 2. The molecule has 0 aromatic carbocycles. The molecule has 1 saturated heterocycles. The maximum Gasteiger partial charge on any atom is 0.327 e. The lowest BCUT2D eigenvalue weighted by atomic mass is 10.0. The number of nitrogens with one attached hydrogen (secondary N) is 7. The Morgan fingerprint density at radius 1 is 0.645 bits per heavy atom. The molecular formula is C35H59N11O14S2. The number of hydrogen-bond acceptors (Lipinski definition) is 16. The van der Waals surface area contributed by atoms with Crippen LogP contribution in [0.4, 0.5) is 0 Å². The minimum atomic E-state index is -1.82. The molecule has 0 unspecified atom stereocenters. The molecule has 0 aliphatic carbocycles. The Morgan fingerprint density at radius 3 is 1.61 bits per heavy atom. The van der Waals surface area contributed by atoms with Crippen molar-refractivity contribution in [2.24, 2.45) is 23.1 Å². The van der Waals surface area contributed by atoms with Gasteiger partial charge in [0.05, 0.1) is 25.7 Å². The van der Waals surface area contributed by atoms with E-state index in [-0.39, 0.29) is 36.8 Å². The Bertz CT molecular complexity index is 1660. The van der Waals surface area contributed by atoms with E-state index in [2.05, 4.69) is 62.5 Å². The van der Waals surface area contributed by atoms with Gasteiger partial charge in [-0.05, 0) is 38.5 Å². The van der Waals surface area contributed by atoms with Gasteiger partial charge in [-0.25, -0.2) is 4.79 Å². The summed E-state index contributed by atoms with van der Waals surface area (Å²) in [6.07, 6.45) is -0.972. The fraction of sp³-hybridized carbons (Fsp3) is 0.686. The van der Waals surface area contributed by atoms with Gasteiger partial charge in [-0.15, -0.1) is 0 Å². The Labute approximate surface area is 367 Å². The number of amides is 10. The molecule has 10 amide bonds. The molecule has 350 valence electrons. The van der Waals surface area contributed by atoms with Crippen LogP contribution in [0.25, 0.3) is 0 Å². The third-order valence-corrected chi connectivity index (χ3v) is 9.98. The zero-order valence-electron chi connectivity index (χ0n) is 34.5. The molecule has 0 bridgehead atoms. The zero-order valence-corrected chi connectivity index (χ0v) is 36.2. The summed E-state index contributed by atoms with van der Waals surface area (Å²) >= 11 is 7.84. The third kappa shape index (κ3) is 18.0. The second kappa shape index (κ2) is 26.9. The van der Waals surface area contributed by atoms with E-state index in [0.717, 1.165) is 4.90 Å². The summed E-state index contributed by atoms with van der Waals surface area (Å²) in [6.45, 7) is 2.57. The summed E-state index contributed by atoms with van der Waals surface area (Å²) in [4.78, 5) is 141. The number of aliphatic hydroxyl groups is 2. The average molecular weight is 922 g/mol. The van der Waals surface area contributed by atoms with Gasteiger partial charge in [-0.1, -0.05) is 13.8 Å². The fourth-order valence-corrected chi connectivity index (χ4v) is 6.27. The van der Waals surface area contributed by atoms with Gasteiger partial charge in [0.25, 0.3) is 0 Å². The number of hydrogen-bond donors (Lipinski definition) is 15. The van der Waals surface area contributed by atoms with Crippen molar-refractivity contribution in [2.75, 3.05) is 31.3 Å². The molecule has 0 aromatic heterocycles. The van der Waals surface area contributed by atoms with Crippen molar-refractivity contribution in [3.05, 3.63) is 0 Å². The highest BCUT2D eigenvalue weighted by Crippen LogP contribution is 2.20. The number of aliphatic carboxylic acids is 1. The molecule has 0 radical (unpaired) electrons. The number of likely N-dealkylation sites (tertiary alicyclic amines) is 1. The van der Waals surface area contributed by atoms with Crippen LogP contribution in [-0.4, -0.2) is 171 Å². The molecule has 27 heteroatoms. The molecule has 1 fully saturated rings. The third-order valence-electron chi connectivity index (χ3n) is 9.22. The SMILES string of the molecule is CC(C)C[C@H](NC(=O)[C@H](CCC(N)=O)NC(=O)[C@H](CO)NC(=O)[C@H](CO)NC(=O)[C@H](C)NC(=O)[C@@H]1CCCN1C(=O)[C@H](CC(N)=O)NC(=O)[C@@H](N)CS)C(=O)N[C@@H](CS)C(=O)O.